The summed E-state index contributed by atoms with van der Waals surface area (Å²) in [6.07, 6.45) is 0. The second kappa shape index (κ2) is 4.52. The smallest absolute Gasteiger partial charge is 0.158 e. The average Bonchev–Trinajstić information content (AvgIpc) is 2.20. The third kappa shape index (κ3) is 2.10. The van der Waals surface area contributed by atoms with Crippen LogP contribution >= 0.6 is 12.1 Å². The summed E-state index contributed by atoms with van der Waals surface area (Å²) < 4.78 is 12.5. The highest BCUT2D eigenvalue weighted by Gasteiger charge is 2.14. The van der Waals surface area contributed by atoms with Crippen molar-refractivity contribution in [2.75, 3.05) is 6.54 Å². The van der Waals surface area contributed by atoms with Crippen molar-refractivity contribution < 1.29 is 14.1 Å². The van der Waals surface area contributed by atoms with Gasteiger partial charge in [-0.05, 0) is 24.1 Å². The van der Waals surface area contributed by atoms with Crippen molar-refractivity contribution in [1.82, 2.24) is 0 Å². The fraction of sp³-hybridized carbons (Fsp3) is 0.333. The molecule has 1 rings (SSSR count). The van der Waals surface area contributed by atoms with E-state index < -0.39 is 0 Å². The predicted molar refractivity (Wildman–Crippen MR) is 54.2 cm³/mol. The monoisotopic (exact) mass is 217 g/mol. The van der Waals surface area contributed by atoms with Gasteiger partial charge in [-0.15, -0.1) is 0 Å². The van der Waals surface area contributed by atoms with Gasteiger partial charge in [0.1, 0.15) is 0 Å². The van der Waals surface area contributed by atoms with Gasteiger partial charge in [-0.25, -0.2) is 0 Å². The molecule has 1 aromatic carbocycles. The topological polar surface area (TPSA) is 66.5 Å². The number of hydrogen-bond acceptors (Lipinski definition) is 4. The molecule has 14 heavy (non-hydrogen) atoms. The van der Waals surface area contributed by atoms with E-state index in [1.165, 1.54) is 12.1 Å². The molecule has 0 aromatic heterocycles. The second-order valence-corrected chi connectivity index (χ2v) is 3.69. The van der Waals surface area contributed by atoms with Crippen molar-refractivity contribution in [2.24, 2.45) is 5.73 Å². The number of halogens is 1. The van der Waals surface area contributed by atoms with E-state index in [-0.39, 0.29) is 29.6 Å². The lowest BCUT2D eigenvalue weighted by Crippen LogP contribution is -2.09. The third-order valence-corrected chi connectivity index (χ3v) is 2.59. The number of phenolic OH excluding ortho intramolecular Hbond substituents is 2. The molecule has 0 aliphatic carbocycles. The van der Waals surface area contributed by atoms with Crippen LogP contribution < -0.4 is 5.73 Å². The van der Waals surface area contributed by atoms with Crippen LogP contribution in [0, 0.1) is 0 Å². The van der Waals surface area contributed by atoms with E-state index in [4.69, 9.17) is 10.8 Å². The second-order valence-electron chi connectivity index (χ2n) is 3.09. The highest BCUT2D eigenvalue weighted by molar-refractivity contribution is 7.94. The molecule has 4 N–H and O–H groups in total. The van der Waals surface area contributed by atoms with Crippen LogP contribution in [-0.2, 0) is 0 Å². The maximum Gasteiger partial charge on any atom is 0.158 e. The minimum Gasteiger partial charge on any atom is -0.504 e. The molecule has 3 nitrogen and oxygen atoms in total. The molecule has 0 amide bonds. The Morgan fingerprint density at radius 2 is 2.00 bits per heavy atom. The number of nitrogens with two attached hydrogens (primary N) is 1. The summed E-state index contributed by atoms with van der Waals surface area (Å²) in [7, 11) is 0. The zero-order chi connectivity index (χ0) is 10.7. The molecule has 0 saturated heterocycles. The Bertz CT molecular complexity index is 333. The van der Waals surface area contributed by atoms with Crippen molar-refractivity contribution in [2.45, 2.75) is 17.7 Å². The maximum absolute atomic E-state index is 12.5. The van der Waals surface area contributed by atoms with Gasteiger partial charge in [0, 0.05) is 11.0 Å². The van der Waals surface area contributed by atoms with E-state index >= 15 is 0 Å². The molecule has 0 aliphatic heterocycles. The van der Waals surface area contributed by atoms with E-state index in [1.54, 1.807) is 0 Å². The molecule has 0 saturated carbocycles. The summed E-state index contributed by atoms with van der Waals surface area (Å²) in [6, 6.07) is 2.54. The molecule has 1 unspecified atom stereocenters. The Morgan fingerprint density at radius 1 is 1.43 bits per heavy atom. The summed E-state index contributed by atoms with van der Waals surface area (Å²) in [4.78, 5) is 0.290. The van der Waals surface area contributed by atoms with E-state index in [9.17, 15) is 8.99 Å². The number of aromatic hydroxyl groups is 2. The average molecular weight is 217 g/mol. The Kier molecular flexibility index (Phi) is 3.60. The summed E-state index contributed by atoms with van der Waals surface area (Å²) in [5.74, 6) is -0.629. The summed E-state index contributed by atoms with van der Waals surface area (Å²) in [5, 5.41) is 18.4. The summed E-state index contributed by atoms with van der Waals surface area (Å²) in [6.45, 7) is 2.18. The quantitative estimate of drug-likeness (QED) is 0.678. The molecular formula is C9H12FNO2S. The van der Waals surface area contributed by atoms with Crippen LogP contribution in [0.1, 0.15) is 18.4 Å². The molecule has 0 fully saturated rings. The SMILES string of the molecule is CC(CN)c1cc(O)c(O)cc1SF. The summed E-state index contributed by atoms with van der Waals surface area (Å²) in [5.41, 5.74) is 6.05. The molecule has 0 aliphatic rings. The van der Waals surface area contributed by atoms with Crippen LogP contribution in [0.15, 0.2) is 17.0 Å². The van der Waals surface area contributed by atoms with Crippen LogP contribution in [-0.4, -0.2) is 16.8 Å². The minimum absolute atomic E-state index is 0.0353. The Balaban J connectivity index is 3.19. The fourth-order valence-electron chi connectivity index (χ4n) is 1.15. The largest absolute Gasteiger partial charge is 0.504 e. The zero-order valence-corrected chi connectivity index (χ0v) is 8.51. The lowest BCUT2D eigenvalue weighted by atomic mass is 10.0. The normalized spacial score (nSPS) is 12.8. The van der Waals surface area contributed by atoms with Gasteiger partial charge in [0.2, 0.25) is 0 Å². The van der Waals surface area contributed by atoms with Gasteiger partial charge in [-0.2, -0.15) is 3.89 Å². The third-order valence-electron chi connectivity index (χ3n) is 2.07. The predicted octanol–water partition coefficient (Wildman–Crippen LogP) is 2.14. The van der Waals surface area contributed by atoms with Gasteiger partial charge < -0.3 is 15.9 Å². The number of rotatable bonds is 3. The molecule has 0 radical (unpaired) electrons. The van der Waals surface area contributed by atoms with E-state index in [0.717, 1.165) is 0 Å². The fourth-order valence-corrected chi connectivity index (χ4v) is 1.66. The van der Waals surface area contributed by atoms with E-state index in [2.05, 4.69) is 0 Å². The first kappa shape index (κ1) is 11.1. The van der Waals surface area contributed by atoms with Crippen molar-refractivity contribution in [1.29, 1.82) is 0 Å². The first-order chi connectivity index (χ1) is 6.60. The van der Waals surface area contributed by atoms with E-state index in [0.29, 0.717) is 17.0 Å². The first-order valence-electron chi connectivity index (χ1n) is 4.14. The summed E-state index contributed by atoms with van der Waals surface area (Å²) >= 11 is 0.0353. The standard InChI is InChI=1S/C9H12FNO2S/c1-5(4-11)6-2-7(12)8(13)3-9(6)14-10/h2-3,5,12-13H,4,11H2,1H3. The van der Waals surface area contributed by atoms with Gasteiger partial charge in [-0.3, -0.25) is 0 Å². The maximum atomic E-state index is 12.5. The van der Waals surface area contributed by atoms with Crippen LogP contribution in [0.25, 0.3) is 0 Å². The van der Waals surface area contributed by atoms with Crippen molar-refractivity contribution in [3.05, 3.63) is 17.7 Å². The zero-order valence-electron chi connectivity index (χ0n) is 7.70. The lowest BCUT2D eigenvalue weighted by Gasteiger charge is -2.13. The minimum atomic E-state index is -0.321. The molecule has 0 bridgehead atoms. The van der Waals surface area contributed by atoms with Crippen LogP contribution in [0.2, 0.25) is 0 Å². The lowest BCUT2D eigenvalue weighted by molar-refractivity contribution is 0.401. The van der Waals surface area contributed by atoms with Crippen LogP contribution in [0.4, 0.5) is 3.89 Å². The van der Waals surface area contributed by atoms with Crippen LogP contribution in [0.5, 0.6) is 11.5 Å². The molecule has 5 heteroatoms. The molecule has 0 spiro atoms. The van der Waals surface area contributed by atoms with Crippen LogP contribution in [0.3, 0.4) is 0 Å². The van der Waals surface area contributed by atoms with Gasteiger partial charge in [0.25, 0.3) is 0 Å². The van der Waals surface area contributed by atoms with Crippen molar-refractivity contribution >= 4 is 12.1 Å². The molecule has 1 atom stereocenters. The van der Waals surface area contributed by atoms with Gasteiger partial charge >= 0.3 is 0 Å². The molecule has 1 aromatic rings. The number of benzene rings is 1. The van der Waals surface area contributed by atoms with E-state index in [1.807, 2.05) is 6.92 Å². The van der Waals surface area contributed by atoms with Crippen molar-refractivity contribution in [3.8, 4) is 11.5 Å². The number of phenols is 2. The van der Waals surface area contributed by atoms with Gasteiger partial charge in [0.05, 0.1) is 12.1 Å². The molecule has 78 valence electrons. The Labute approximate surface area is 86.0 Å². The highest BCUT2D eigenvalue weighted by Crippen LogP contribution is 2.37. The highest BCUT2D eigenvalue weighted by atomic mass is 32.2. The first-order valence-corrected chi connectivity index (χ1v) is 4.86. The van der Waals surface area contributed by atoms with Gasteiger partial charge in [-0.1, -0.05) is 6.92 Å². The van der Waals surface area contributed by atoms with Crippen molar-refractivity contribution in [3.63, 3.8) is 0 Å². The molecular weight excluding hydrogens is 205 g/mol. The van der Waals surface area contributed by atoms with Gasteiger partial charge in [0.15, 0.2) is 11.5 Å². The number of hydrogen-bond donors (Lipinski definition) is 3. The molecule has 0 heterocycles. The Morgan fingerprint density at radius 3 is 2.50 bits per heavy atom. The Hall–Kier alpha value is -0.940.